The highest BCUT2D eigenvalue weighted by Crippen LogP contribution is 2.32. The molecule has 186 valence electrons. The number of ether oxygens (including phenoxy) is 3. The molecule has 1 atom stereocenters. The lowest BCUT2D eigenvalue weighted by molar-refractivity contribution is 0.0408. The molecule has 0 saturated heterocycles. The molecule has 10 heteroatoms. The molecule has 0 aliphatic rings. The summed E-state index contributed by atoms with van der Waals surface area (Å²) in [5.74, 6) is 1.04. The van der Waals surface area contributed by atoms with Gasteiger partial charge in [-0.1, -0.05) is 31.5 Å². The standard InChI is InChI=1S/C24H33ClN4O5/c1-15(2)12-24(6,28-22(31)34-23(3,4)5)14-33-19-9-8-16(10-18(19)25)17-11-20(29-26-13-17)27-21(30)32-7/h8-11,13,15H,12,14H2,1-7H3,(H,28,31)(H,27,29,30). The number of rotatable bonds is 8. The van der Waals surface area contributed by atoms with E-state index in [-0.39, 0.29) is 12.4 Å². The normalized spacial score (nSPS) is 13.1. The predicted octanol–water partition coefficient (Wildman–Crippen LogP) is 5.68. The van der Waals surface area contributed by atoms with Crippen LogP contribution >= 0.6 is 11.6 Å². The maximum absolute atomic E-state index is 12.4. The summed E-state index contributed by atoms with van der Waals surface area (Å²) in [5.41, 5.74) is 0.196. The van der Waals surface area contributed by atoms with Crippen LogP contribution in [0.3, 0.4) is 0 Å². The number of nitrogens with one attached hydrogen (secondary N) is 2. The van der Waals surface area contributed by atoms with Crippen molar-refractivity contribution < 1.29 is 23.8 Å². The monoisotopic (exact) mass is 492 g/mol. The zero-order valence-corrected chi connectivity index (χ0v) is 21.4. The lowest BCUT2D eigenvalue weighted by Gasteiger charge is -2.33. The van der Waals surface area contributed by atoms with Crippen molar-refractivity contribution in [3.8, 4) is 16.9 Å². The molecule has 1 aromatic heterocycles. The van der Waals surface area contributed by atoms with Crippen LogP contribution in [-0.2, 0) is 9.47 Å². The molecule has 0 aliphatic heterocycles. The Morgan fingerprint density at radius 3 is 2.38 bits per heavy atom. The van der Waals surface area contributed by atoms with E-state index in [2.05, 4.69) is 39.4 Å². The Bertz CT molecular complexity index is 1010. The number of halogens is 1. The van der Waals surface area contributed by atoms with E-state index < -0.39 is 23.3 Å². The first-order valence-corrected chi connectivity index (χ1v) is 11.3. The van der Waals surface area contributed by atoms with Crippen LogP contribution in [0, 0.1) is 5.92 Å². The van der Waals surface area contributed by atoms with Gasteiger partial charge >= 0.3 is 12.2 Å². The molecule has 0 radical (unpaired) electrons. The van der Waals surface area contributed by atoms with E-state index in [4.69, 9.17) is 21.1 Å². The van der Waals surface area contributed by atoms with Crippen LogP contribution in [0.2, 0.25) is 5.02 Å². The molecule has 1 unspecified atom stereocenters. The molecule has 2 N–H and O–H groups in total. The van der Waals surface area contributed by atoms with Gasteiger partial charge in [-0.3, -0.25) is 5.32 Å². The first-order chi connectivity index (χ1) is 15.8. The second-order valence-electron chi connectivity index (χ2n) is 9.67. The van der Waals surface area contributed by atoms with Gasteiger partial charge in [0.25, 0.3) is 0 Å². The molecule has 34 heavy (non-hydrogen) atoms. The smallest absolute Gasteiger partial charge is 0.412 e. The third-order valence-corrected chi connectivity index (χ3v) is 4.84. The molecule has 0 spiro atoms. The summed E-state index contributed by atoms with van der Waals surface area (Å²) in [7, 11) is 1.26. The second-order valence-corrected chi connectivity index (χ2v) is 10.1. The lowest BCUT2D eigenvalue weighted by Crippen LogP contribution is -2.52. The van der Waals surface area contributed by atoms with Crippen molar-refractivity contribution in [3.05, 3.63) is 35.5 Å². The highest BCUT2D eigenvalue weighted by Gasteiger charge is 2.31. The summed E-state index contributed by atoms with van der Waals surface area (Å²) in [6, 6.07) is 6.95. The number of methoxy groups -OCH3 is 1. The number of alkyl carbamates (subject to hydrolysis) is 1. The molecule has 2 amide bonds. The Balaban J connectivity index is 2.15. The number of benzene rings is 1. The molecule has 0 fully saturated rings. The van der Waals surface area contributed by atoms with E-state index in [1.54, 1.807) is 24.4 Å². The number of carbonyl (C=O) groups is 2. The van der Waals surface area contributed by atoms with Crippen LogP contribution in [0.4, 0.5) is 15.4 Å². The van der Waals surface area contributed by atoms with Gasteiger partial charge in [0.05, 0.1) is 23.9 Å². The van der Waals surface area contributed by atoms with Crippen molar-refractivity contribution in [1.29, 1.82) is 0 Å². The van der Waals surface area contributed by atoms with Crippen molar-refractivity contribution in [2.75, 3.05) is 19.0 Å². The Labute approximate surface area is 205 Å². The van der Waals surface area contributed by atoms with Crippen LogP contribution in [0.25, 0.3) is 11.1 Å². The molecule has 2 aromatic rings. The minimum Gasteiger partial charge on any atom is -0.490 e. The molecule has 1 aromatic carbocycles. The minimum atomic E-state index is -0.665. The van der Waals surface area contributed by atoms with Crippen molar-refractivity contribution in [2.45, 2.75) is 59.1 Å². The fourth-order valence-corrected chi connectivity index (χ4v) is 3.61. The highest BCUT2D eigenvalue weighted by atomic mass is 35.5. The molecular formula is C24H33ClN4O5. The van der Waals surface area contributed by atoms with Crippen LogP contribution in [0.5, 0.6) is 5.75 Å². The minimum absolute atomic E-state index is 0.202. The summed E-state index contributed by atoms with van der Waals surface area (Å²) >= 11 is 6.49. The van der Waals surface area contributed by atoms with E-state index in [0.29, 0.717) is 28.7 Å². The van der Waals surface area contributed by atoms with Gasteiger partial charge in [0.15, 0.2) is 5.82 Å². The summed E-state index contributed by atoms with van der Waals surface area (Å²) < 4.78 is 16.0. The van der Waals surface area contributed by atoms with E-state index >= 15 is 0 Å². The first kappa shape index (κ1) is 27.2. The SMILES string of the molecule is COC(=O)Nc1cc(-c2ccc(OCC(C)(CC(C)C)NC(=O)OC(C)(C)C)c(Cl)c2)cnn1. The molecule has 1 heterocycles. The second kappa shape index (κ2) is 11.4. The van der Waals surface area contributed by atoms with Crippen molar-refractivity contribution >= 4 is 29.6 Å². The van der Waals surface area contributed by atoms with E-state index in [1.165, 1.54) is 7.11 Å². The molecule has 9 nitrogen and oxygen atoms in total. The quantitative estimate of drug-likeness (QED) is 0.487. The highest BCUT2D eigenvalue weighted by molar-refractivity contribution is 6.32. The maximum atomic E-state index is 12.4. The van der Waals surface area contributed by atoms with Crippen molar-refractivity contribution in [2.24, 2.45) is 5.92 Å². The van der Waals surface area contributed by atoms with Crippen LogP contribution in [-0.4, -0.2) is 47.2 Å². The van der Waals surface area contributed by atoms with Gasteiger partial charge < -0.3 is 19.5 Å². The summed E-state index contributed by atoms with van der Waals surface area (Å²) in [5, 5.41) is 13.6. The lowest BCUT2D eigenvalue weighted by atomic mass is 9.91. The zero-order chi connectivity index (χ0) is 25.5. The van der Waals surface area contributed by atoms with Gasteiger partial charge in [-0.25, -0.2) is 9.59 Å². The molecule has 0 aliphatic carbocycles. The van der Waals surface area contributed by atoms with Crippen LogP contribution < -0.4 is 15.4 Å². The number of hydrogen-bond acceptors (Lipinski definition) is 7. The number of anilines is 1. The Morgan fingerprint density at radius 2 is 1.79 bits per heavy atom. The fraction of sp³-hybridized carbons (Fsp3) is 0.500. The number of hydrogen-bond donors (Lipinski definition) is 2. The van der Waals surface area contributed by atoms with Gasteiger partial charge in [-0.2, -0.15) is 5.10 Å². The summed E-state index contributed by atoms with van der Waals surface area (Å²) in [4.78, 5) is 23.8. The third kappa shape index (κ3) is 8.70. The van der Waals surface area contributed by atoms with Crippen molar-refractivity contribution in [1.82, 2.24) is 15.5 Å². The first-order valence-electron chi connectivity index (χ1n) is 10.9. The summed E-state index contributed by atoms with van der Waals surface area (Å²) in [6.45, 7) is 11.7. The van der Waals surface area contributed by atoms with Gasteiger partial charge in [0.2, 0.25) is 0 Å². The Morgan fingerprint density at radius 1 is 1.09 bits per heavy atom. The van der Waals surface area contributed by atoms with Crippen LogP contribution in [0.1, 0.15) is 48.0 Å². The van der Waals surface area contributed by atoms with Gasteiger partial charge in [-0.15, -0.1) is 5.10 Å². The number of nitrogens with zero attached hydrogens (tertiary/aromatic N) is 2. The number of carbonyl (C=O) groups excluding carboxylic acids is 2. The largest absolute Gasteiger partial charge is 0.490 e. The number of amides is 2. The van der Waals surface area contributed by atoms with Crippen LogP contribution in [0.15, 0.2) is 30.5 Å². The molecule has 0 bridgehead atoms. The predicted molar refractivity (Wildman–Crippen MR) is 131 cm³/mol. The van der Waals surface area contributed by atoms with Crippen molar-refractivity contribution in [3.63, 3.8) is 0 Å². The zero-order valence-electron chi connectivity index (χ0n) is 20.7. The summed E-state index contributed by atoms with van der Waals surface area (Å²) in [6.07, 6.45) is 1.10. The average Bonchev–Trinajstić information content (AvgIpc) is 2.70. The molecule has 0 saturated carbocycles. The van der Waals surface area contributed by atoms with E-state index in [1.807, 2.05) is 33.8 Å². The Kier molecular flexibility index (Phi) is 9.09. The van der Waals surface area contributed by atoms with E-state index in [0.717, 1.165) is 5.56 Å². The third-order valence-electron chi connectivity index (χ3n) is 4.54. The van der Waals surface area contributed by atoms with Gasteiger partial charge in [0, 0.05) is 5.56 Å². The molecular weight excluding hydrogens is 460 g/mol. The fourth-order valence-electron chi connectivity index (χ4n) is 3.37. The average molecular weight is 493 g/mol. The van der Waals surface area contributed by atoms with Gasteiger partial charge in [0.1, 0.15) is 18.0 Å². The van der Waals surface area contributed by atoms with E-state index in [9.17, 15) is 9.59 Å². The van der Waals surface area contributed by atoms with Gasteiger partial charge in [-0.05, 0) is 63.8 Å². The topological polar surface area (TPSA) is 112 Å². The maximum Gasteiger partial charge on any atom is 0.412 e. The molecule has 2 rings (SSSR count). The number of aromatic nitrogens is 2. The Hall–Kier alpha value is -3.07.